The van der Waals surface area contributed by atoms with Crippen LogP contribution in [0.3, 0.4) is 0 Å². The summed E-state index contributed by atoms with van der Waals surface area (Å²) < 4.78 is 0. The molecule has 2 unspecified atom stereocenters. The van der Waals surface area contributed by atoms with E-state index in [0.717, 1.165) is 25.2 Å². The van der Waals surface area contributed by atoms with Gasteiger partial charge in [0.15, 0.2) is 0 Å². The van der Waals surface area contributed by atoms with E-state index in [9.17, 15) is 5.26 Å². The van der Waals surface area contributed by atoms with Crippen LogP contribution in [0.1, 0.15) is 24.5 Å². The molecule has 2 atom stereocenters. The van der Waals surface area contributed by atoms with Gasteiger partial charge in [-0.2, -0.15) is 15.5 Å². The molecule has 1 saturated heterocycles. The zero-order valence-corrected chi connectivity index (χ0v) is 9.50. The normalized spacial score (nSPS) is 23.6. The van der Waals surface area contributed by atoms with Crippen molar-refractivity contribution in [2.75, 3.05) is 20.1 Å². The van der Waals surface area contributed by atoms with E-state index in [1.807, 2.05) is 12.1 Å². The number of likely N-dealkylation sites (tertiary alicyclic amines) is 1. The molecular formula is C12H16N4. The largest absolute Gasteiger partial charge is 0.306 e. The minimum Gasteiger partial charge on any atom is -0.306 e. The fraction of sp³-hybridized carbons (Fsp3) is 0.583. The van der Waals surface area contributed by atoms with E-state index in [-0.39, 0.29) is 5.92 Å². The Hall–Kier alpha value is -1.47. The van der Waals surface area contributed by atoms with Crippen LogP contribution in [0.15, 0.2) is 18.3 Å². The Morgan fingerprint density at radius 3 is 3.12 bits per heavy atom. The Kier molecular flexibility index (Phi) is 3.47. The molecule has 1 aliphatic heterocycles. The number of hydrogen-bond donors (Lipinski definition) is 0. The van der Waals surface area contributed by atoms with Crippen molar-refractivity contribution in [1.29, 1.82) is 5.26 Å². The molecule has 0 saturated carbocycles. The molecule has 4 heteroatoms. The van der Waals surface area contributed by atoms with Crippen LogP contribution in [-0.2, 0) is 0 Å². The van der Waals surface area contributed by atoms with E-state index in [4.69, 9.17) is 0 Å². The SMILES string of the molecule is CN1CCCC(C(C#N)c2cccnn2)C1. The van der Waals surface area contributed by atoms with Crippen molar-refractivity contribution in [3.63, 3.8) is 0 Å². The molecule has 2 rings (SSSR count). The maximum Gasteiger partial charge on any atom is 0.0943 e. The zero-order valence-electron chi connectivity index (χ0n) is 9.50. The Labute approximate surface area is 95.9 Å². The molecule has 84 valence electrons. The van der Waals surface area contributed by atoms with Gasteiger partial charge in [0.2, 0.25) is 0 Å². The number of hydrogen-bond acceptors (Lipinski definition) is 4. The van der Waals surface area contributed by atoms with Gasteiger partial charge in [0.05, 0.1) is 17.7 Å². The van der Waals surface area contributed by atoms with Crippen molar-refractivity contribution in [3.05, 3.63) is 24.0 Å². The number of nitriles is 1. The number of rotatable bonds is 2. The number of piperidine rings is 1. The molecule has 0 bridgehead atoms. The number of aromatic nitrogens is 2. The van der Waals surface area contributed by atoms with Crippen LogP contribution in [0.4, 0.5) is 0 Å². The van der Waals surface area contributed by atoms with E-state index >= 15 is 0 Å². The molecule has 1 fully saturated rings. The van der Waals surface area contributed by atoms with Crippen LogP contribution in [-0.4, -0.2) is 35.2 Å². The summed E-state index contributed by atoms with van der Waals surface area (Å²) >= 11 is 0. The van der Waals surface area contributed by atoms with Gasteiger partial charge in [0, 0.05) is 12.7 Å². The van der Waals surface area contributed by atoms with Crippen LogP contribution in [0.25, 0.3) is 0 Å². The summed E-state index contributed by atoms with van der Waals surface area (Å²) in [5.74, 6) is 0.275. The fourth-order valence-corrected chi connectivity index (χ4v) is 2.37. The van der Waals surface area contributed by atoms with Crippen molar-refractivity contribution in [2.45, 2.75) is 18.8 Å². The van der Waals surface area contributed by atoms with Crippen LogP contribution in [0, 0.1) is 17.2 Å². The average molecular weight is 216 g/mol. The molecule has 0 aromatic carbocycles. The molecule has 4 nitrogen and oxygen atoms in total. The van der Waals surface area contributed by atoms with Gasteiger partial charge in [0.1, 0.15) is 0 Å². The summed E-state index contributed by atoms with van der Waals surface area (Å²) in [4.78, 5) is 2.29. The molecule has 2 heterocycles. The highest BCUT2D eigenvalue weighted by atomic mass is 15.1. The van der Waals surface area contributed by atoms with Gasteiger partial charge in [-0.1, -0.05) is 0 Å². The highest BCUT2D eigenvalue weighted by Crippen LogP contribution is 2.29. The summed E-state index contributed by atoms with van der Waals surface area (Å²) in [7, 11) is 2.11. The van der Waals surface area contributed by atoms with Crippen molar-refractivity contribution in [1.82, 2.24) is 15.1 Å². The van der Waals surface area contributed by atoms with Gasteiger partial charge in [-0.3, -0.25) is 0 Å². The van der Waals surface area contributed by atoms with Crippen molar-refractivity contribution in [3.8, 4) is 6.07 Å². The maximum absolute atomic E-state index is 9.28. The minimum absolute atomic E-state index is 0.114. The van der Waals surface area contributed by atoms with Gasteiger partial charge >= 0.3 is 0 Å². The molecule has 0 spiro atoms. The molecule has 0 N–H and O–H groups in total. The Morgan fingerprint density at radius 1 is 1.62 bits per heavy atom. The van der Waals surface area contributed by atoms with Crippen LogP contribution < -0.4 is 0 Å². The minimum atomic E-state index is -0.114. The van der Waals surface area contributed by atoms with Gasteiger partial charge in [-0.05, 0) is 44.5 Å². The molecule has 1 aliphatic rings. The number of nitrogens with zero attached hydrogens (tertiary/aromatic N) is 4. The standard InChI is InChI=1S/C12H16N4/c1-16-7-3-4-10(9-16)11(8-13)12-5-2-6-14-15-12/h2,5-6,10-11H,3-4,7,9H2,1H3. The molecule has 1 aromatic heterocycles. The quantitative estimate of drug-likeness (QED) is 0.750. The fourth-order valence-electron chi connectivity index (χ4n) is 2.37. The van der Waals surface area contributed by atoms with Gasteiger partial charge in [0.25, 0.3) is 0 Å². The molecule has 0 radical (unpaired) electrons. The van der Waals surface area contributed by atoms with Gasteiger partial charge in [-0.25, -0.2) is 0 Å². The van der Waals surface area contributed by atoms with Gasteiger partial charge < -0.3 is 4.90 Å². The summed E-state index contributed by atoms with van der Waals surface area (Å²) in [5, 5.41) is 17.2. The highest BCUT2D eigenvalue weighted by molar-refractivity contribution is 5.17. The monoisotopic (exact) mass is 216 g/mol. The second-order valence-corrected chi connectivity index (χ2v) is 4.42. The summed E-state index contributed by atoms with van der Waals surface area (Å²) in [6, 6.07) is 6.12. The van der Waals surface area contributed by atoms with Crippen molar-refractivity contribution < 1.29 is 0 Å². The Balaban J connectivity index is 2.14. The smallest absolute Gasteiger partial charge is 0.0943 e. The van der Waals surface area contributed by atoms with Crippen LogP contribution >= 0.6 is 0 Å². The van der Waals surface area contributed by atoms with E-state index < -0.39 is 0 Å². The lowest BCUT2D eigenvalue weighted by atomic mass is 9.84. The van der Waals surface area contributed by atoms with Crippen LogP contribution in [0.5, 0.6) is 0 Å². The van der Waals surface area contributed by atoms with Gasteiger partial charge in [-0.15, -0.1) is 0 Å². The third-order valence-corrected chi connectivity index (χ3v) is 3.18. The van der Waals surface area contributed by atoms with Crippen molar-refractivity contribution in [2.24, 2.45) is 5.92 Å². The highest BCUT2D eigenvalue weighted by Gasteiger charge is 2.28. The van der Waals surface area contributed by atoms with E-state index in [0.29, 0.717) is 5.92 Å². The van der Waals surface area contributed by atoms with Crippen LogP contribution in [0.2, 0.25) is 0 Å². The first-order valence-corrected chi connectivity index (χ1v) is 5.67. The van der Waals surface area contributed by atoms with E-state index in [1.165, 1.54) is 6.42 Å². The first-order valence-electron chi connectivity index (χ1n) is 5.67. The molecule has 0 aliphatic carbocycles. The predicted octanol–water partition coefficient (Wildman–Crippen LogP) is 1.43. The third-order valence-electron chi connectivity index (χ3n) is 3.18. The van der Waals surface area contributed by atoms with Crippen molar-refractivity contribution >= 4 is 0 Å². The average Bonchev–Trinajstić information content (AvgIpc) is 2.31. The first kappa shape index (κ1) is 11.0. The lowest BCUT2D eigenvalue weighted by Crippen LogP contribution is -2.35. The maximum atomic E-state index is 9.28. The second-order valence-electron chi connectivity index (χ2n) is 4.42. The lowest BCUT2D eigenvalue weighted by Gasteiger charge is -2.31. The topological polar surface area (TPSA) is 52.8 Å². The summed E-state index contributed by atoms with van der Waals surface area (Å²) in [6.07, 6.45) is 3.92. The Bertz CT molecular complexity index is 370. The lowest BCUT2D eigenvalue weighted by molar-refractivity contribution is 0.199. The third kappa shape index (κ3) is 2.37. The molecule has 1 aromatic rings. The molecule has 0 amide bonds. The van der Waals surface area contributed by atoms with E-state index in [1.54, 1.807) is 6.20 Å². The summed E-state index contributed by atoms with van der Waals surface area (Å²) in [5.41, 5.74) is 0.810. The Morgan fingerprint density at radius 2 is 2.50 bits per heavy atom. The summed E-state index contributed by atoms with van der Waals surface area (Å²) in [6.45, 7) is 2.11. The zero-order chi connectivity index (χ0) is 11.4. The molecule has 16 heavy (non-hydrogen) atoms. The van der Waals surface area contributed by atoms with E-state index in [2.05, 4.69) is 28.2 Å². The molecular weight excluding hydrogens is 200 g/mol. The predicted molar refractivity (Wildman–Crippen MR) is 60.6 cm³/mol. The second kappa shape index (κ2) is 5.04. The first-order chi connectivity index (χ1) is 7.81.